The van der Waals surface area contributed by atoms with Crippen LogP contribution in [0.1, 0.15) is 18.9 Å². The number of carbonyl (C=O) groups is 2. The molecule has 10 nitrogen and oxygen atoms in total. The molecular weight excluding hydrogens is 462 g/mol. The minimum atomic E-state index is -0.556. The third kappa shape index (κ3) is 5.12. The van der Waals surface area contributed by atoms with Crippen LogP contribution in [-0.4, -0.2) is 26.3 Å². The monoisotopic (exact) mass is 485 g/mol. The molecule has 10 heteroatoms. The zero-order valence-electron chi connectivity index (χ0n) is 19.6. The van der Waals surface area contributed by atoms with Crippen LogP contribution < -0.4 is 16.2 Å². The van der Waals surface area contributed by atoms with Crippen LogP contribution in [0.3, 0.4) is 0 Å². The van der Waals surface area contributed by atoms with Gasteiger partial charge in [0.2, 0.25) is 11.8 Å². The maximum absolute atomic E-state index is 13.7. The van der Waals surface area contributed by atoms with Crippen molar-refractivity contribution >= 4 is 39.9 Å². The first kappa shape index (κ1) is 24.3. The van der Waals surface area contributed by atoms with E-state index in [1.165, 1.54) is 28.8 Å². The molecule has 0 aliphatic heterocycles. The van der Waals surface area contributed by atoms with Crippen molar-refractivity contribution in [3.63, 3.8) is 0 Å². The number of aryl methyl sites for hydroxylation is 1. The molecule has 0 saturated heterocycles. The summed E-state index contributed by atoms with van der Waals surface area (Å²) in [6.45, 7) is 3.24. The van der Waals surface area contributed by atoms with Gasteiger partial charge in [-0.05, 0) is 37.3 Å². The standard InChI is InChI=1S/C26H23N5O5/c1-3-23(32)28-20-12-11-16(2)13-19(20)25-26(34)30(22-10-5-4-9-21(22)29-25)15-24(33)27-17-7-6-8-18(14-17)31(35)36/h4-14H,3,15H2,1-2H3,(H,27,33)(H,28,32). The average molecular weight is 486 g/mol. The van der Waals surface area contributed by atoms with Gasteiger partial charge in [-0.3, -0.25) is 29.1 Å². The number of fused-ring (bicyclic) bond motifs is 1. The number of nitro benzene ring substituents is 1. The van der Waals surface area contributed by atoms with Gasteiger partial charge in [-0.2, -0.15) is 0 Å². The molecule has 0 atom stereocenters. The molecule has 182 valence electrons. The van der Waals surface area contributed by atoms with Gasteiger partial charge in [0.25, 0.3) is 11.2 Å². The van der Waals surface area contributed by atoms with Crippen molar-refractivity contribution in [1.82, 2.24) is 9.55 Å². The highest BCUT2D eigenvalue weighted by Gasteiger charge is 2.19. The molecule has 2 amide bonds. The van der Waals surface area contributed by atoms with Gasteiger partial charge in [-0.25, -0.2) is 4.98 Å². The summed E-state index contributed by atoms with van der Waals surface area (Å²) in [5.41, 5.74) is 2.35. The number of nitro groups is 1. The van der Waals surface area contributed by atoms with Crippen LogP contribution in [0, 0.1) is 17.0 Å². The summed E-state index contributed by atoms with van der Waals surface area (Å²) in [5, 5.41) is 16.5. The lowest BCUT2D eigenvalue weighted by molar-refractivity contribution is -0.384. The van der Waals surface area contributed by atoms with Gasteiger partial charge in [0.1, 0.15) is 12.2 Å². The van der Waals surface area contributed by atoms with Crippen molar-refractivity contribution in [3.8, 4) is 11.3 Å². The molecule has 0 unspecified atom stereocenters. The smallest absolute Gasteiger partial charge is 0.278 e. The zero-order chi connectivity index (χ0) is 25.8. The second-order valence-corrected chi connectivity index (χ2v) is 8.15. The van der Waals surface area contributed by atoms with Crippen LogP contribution in [0.4, 0.5) is 17.1 Å². The summed E-state index contributed by atoms with van der Waals surface area (Å²) in [5.74, 6) is -0.749. The Morgan fingerprint density at radius 2 is 1.78 bits per heavy atom. The molecule has 36 heavy (non-hydrogen) atoms. The van der Waals surface area contributed by atoms with Crippen molar-refractivity contribution in [2.75, 3.05) is 10.6 Å². The summed E-state index contributed by atoms with van der Waals surface area (Å²) in [7, 11) is 0. The molecule has 0 spiro atoms. The number of carbonyl (C=O) groups excluding carboxylic acids is 2. The first-order valence-corrected chi connectivity index (χ1v) is 11.2. The number of hydrogen-bond donors (Lipinski definition) is 2. The summed E-state index contributed by atoms with van der Waals surface area (Å²) in [6.07, 6.45) is 0.264. The quantitative estimate of drug-likeness (QED) is 0.296. The molecular formula is C26H23N5O5. The predicted octanol–water partition coefficient (Wildman–Crippen LogP) is 4.27. The first-order valence-electron chi connectivity index (χ1n) is 11.2. The Kier molecular flexibility index (Phi) is 6.86. The Balaban J connectivity index is 1.79. The third-order valence-corrected chi connectivity index (χ3v) is 5.52. The Hall–Kier alpha value is -4.86. The number of hydrogen-bond acceptors (Lipinski definition) is 6. The lowest BCUT2D eigenvalue weighted by atomic mass is 10.1. The van der Waals surface area contributed by atoms with E-state index in [-0.39, 0.29) is 35.9 Å². The van der Waals surface area contributed by atoms with Gasteiger partial charge in [-0.1, -0.05) is 36.8 Å². The first-order chi connectivity index (χ1) is 17.3. The molecule has 0 saturated carbocycles. The molecule has 4 aromatic rings. The normalized spacial score (nSPS) is 10.7. The van der Waals surface area contributed by atoms with Crippen molar-refractivity contribution in [3.05, 3.63) is 92.8 Å². The molecule has 1 aromatic heterocycles. The number of nitrogens with one attached hydrogen (secondary N) is 2. The summed E-state index contributed by atoms with van der Waals surface area (Å²) < 4.78 is 1.30. The zero-order valence-corrected chi connectivity index (χ0v) is 19.6. The second-order valence-electron chi connectivity index (χ2n) is 8.15. The van der Waals surface area contributed by atoms with Gasteiger partial charge in [0.15, 0.2) is 0 Å². The molecule has 0 aliphatic carbocycles. The van der Waals surface area contributed by atoms with E-state index in [9.17, 15) is 24.5 Å². The van der Waals surface area contributed by atoms with Crippen LogP contribution in [-0.2, 0) is 16.1 Å². The fourth-order valence-corrected chi connectivity index (χ4v) is 3.77. The Morgan fingerprint density at radius 3 is 2.53 bits per heavy atom. The van der Waals surface area contributed by atoms with E-state index in [1.807, 2.05) is 13.0 Å². The Labute approximate surface area is 205 Å². The molecule has 1 heterocycles. The molecule has 3 aromatic carbocycles. The molecule has 0 fully saturated rings. The van der Waals surface area contributed by atoms with Crippen molar-refractivity contribution < 1.29 is 14.5 Å². The molecule has 4 rings (SSSR count). The van der Waals surface area contributed by atoms with Crippen LogP contribution in [0.25, 0.3) is 22.3 Å². The highest BCUT2D eigenvalue weighted by atomic mass is 16.6. The minimum Gasteiger partial charge on any atom is -0.325 e. The van der Waals surface area contributed by atoms with Crippen LogP contribution in [0.15, 0.2) is 71.5 Å². The minimum absolute atomic E-state index is 0.0898. The lowest BCUT2D eigenvalue weighted by Crippen LogP contribution is -2.30. The van der Waals surface area contributed by atoms with Crippen LogP contribution in [0.2, 0.25) is 0 Å². The number of non-ortho nitro benzene ring substituents is 1. The average Bonchev–Trinajstić information content (AvgIpc) is 2.86. The third-order valence-electron chi connectivity index (χ3n) is 5.52. The number of nitrogens with zero attached hydrogens (tertiary/aromatic N) is 3. The largest absolute Gasteiger partial charge is 0.325 e. The Bertz CT molecular complexity index is 1560. The lowest BCUT2D eigenvalue weighted by Gasteiger charge is -2.15. The number of rotatable bonds is 7. The maximum atomic E-state index is 13.7. The highest BCUT2D eigenvalue weighted by molar-refractivity contribution is 5.96. The summed E-state index contributed by atoms with van der Waals surface area (Å²) >= 11 is 0. The van der Waals surface area contributed by atoms with Crippen molar-refractivity contribution in [2.24, 2.45) is 0 Å². The molecule has 0 bridgehead atoms. The van der Waals surface area contributed by atoms with E-state index in [0.29, 0.717) is 22.3 Å². The van der Waals surface area contributed by atoms with E-state index in [0.717, 1.165) is 5.56 Å². The topological polar surface area (TPSA) is 136 Å². The van der Waals surface area contributed by atoms with E-state index in [4.69, 9.17) is 0 Å². The predicted molar refractivity (Wildman–Crippen MR) is 137 cm³/mol. The van der Waals surface area contributed by atoms with E-state index in [1.54, 1.807) is 43.3 Å². The van der Waals surface area contributed by atoms with E-state index in [2.05, 4.69) is 15.6 Å². The highest BCUT2D eigenvalue weighted by Crippen LogP contribution is 2.27. The van der Waals surface area contributed by atoms with Gasteiger partial charge in [0.05, 0.1) is 21.6 Å². The van der Waals surface area contributed by atoms with E-state index >= 15 is 0 Å². The molecule has 0 aliphatic rings. The van der Waals surface area contributed by atoms with Crippen molar-refractivity contribution in [1.29, 1.82) is 0 Å². The van der Waals surface area contributed by atoms with Crippen LogP contribution in [0.5, 0.6) is 0 Å². The second kappa shape index (κ2) is 10.2. The molecule has 2 N–H and O–H groups in total. The number of aromatic nitrogens is 2. The van der Waals surface area contributed by atoms with Gasteiger partial charge in [-0.15, -0.1) is 0 Å². The van der Waals surface area contributed by atoms with Gasteiger partial charge >= 0.3 is 0 Å². The number of para-hydroxylation sites is 2. The fraction of sp³-hybridized carbons (Fsp3) is 0.154. The van der Waals surface area contributed by atoms with Gasteiger partial charge < -0.3 is 10.6 Å². The number of amides is 2. The molecule has 0 radical (unpaired) electrons. The van der Waals surface area contributed by atoms with E-state index < -0.39 is 16.4 Å². The maximum Gasteiger partial charge on any atom is 0.278 e. The summed E-state index contributed by atoms with van der Waals surface area (Å²) in [6, 6.07) is 17.8. The summed E-state index contributed by atoms with van der Waals surface area (Å²) in [4.78, 5) is 53.7. The SMILES string of the molecule is CCC(=O)Nc1ccc(C)cc1-c1nc2ccccc2n(CC(=O)Nc2cccc([N+](=O)[O-])c2)c1=O. The van der Waals surface area contributed by atoms with Crippen molar-refractivity contribution in [2.45, 2.75) is 26.8 Å². The fourth-order valence-electron chi connectivity index (χ4n) is 3.77. The number of anilines is 2. The van der Waals surface area contributed by atoms with Gasteiger partial charge in [0, 0.05) is 29.8 Å². The Morgan fingerprint density at radius 1 is 1.00 bits per heavy atom. The van der Waals surface area contributed by atoms with Crippen LogP contribution >= 0.6 is 0 Å². The number of benzene rings is 3.